The molecule has 21 heavy (non-hydrogen) atoms. The van der Waals surface area contributed by atoms with Gasteiger partial charge in [0, 0.05) is 24.3 Å². The maximum absolute atomic E-state index is 12.5. The fourth-order valence-corrected chi connectivity index (χ4v) is 2.83. The number of carboxylic acid groups (broad SMARTS) is 1. The van der Waals surface area contributed by atoms with E-state index < -0.39 is 11.9 Å². The van der Waals surface area contributed by atoms with E-state index in [-0.39, 0.29) is 12.5 Å². The molecule has 2 heterocycles. The van der Waals surface area contributed by atoms with E-state index in [1.54, 1.807) is 17.0 Å². The lowest BCUT2D eigenvalue weighted by atomic mass is 9.97. The lowest BCUT2D eigenvalue weighted by molar-refractivity contribution is -0.143. The topological polar surface area (TPSA) is 70.5 Å². The summed E-state index contributed by atoms with van der Waals surface area (Å²) in [5.41, 5.74) is 1.28. The Morgan fingerprint density at radius 1 is 1.48 bits per heavy atom. The van der Waals surface area contributed by atoms with Crippen LogP contribution >= 0.6 is 11.6 Å². The maximum Gasteiger partial charge on any atom is 0.308 e. The average molecular weight is 311 g/mol. The Bertz CT molecular complexity index is 548. The Kier molecular flexibility index (Phi) is 5.17. The third kappa shape index (κ3) is 3.94. The SMILES string of the molecule is CCCc1cc(C(=O)N2CCC[C@H](C(=O)O)C2)cc(Cl)n1. The van der Waals surface area contributed by atoms with Crippen molar-refractivity contribution in [3.05, 3.63) is 28.5 Å². The Labute approximate surface area is 128 Å². The zero-order chi connectivity index (χ0) is 15.4. The van der Waals surface area contributed by atoms with Gasteiger partial charge in [-0.05, 0) is 31.4 Å². The third-order valence-electron chi connectivity index (χ3n) is 3.66. The highest BCUT2D eigenvalue weighted by Gasteiger charge is 2.28. The van der Waals surface area contributed by atoms with Gasteiger partial charge in [0.15, 0.2) is 0 Å². The van der Waals surface area contributed by atoms with E-state index in [9.17, 15) is 9.59 Å². The van der Waals surface area contributed by atoms with Gasteiger partial charge in [-0.25, -0.2) is 4.98 Å². The van der Waals surface area contributed by atoms with Crippen molar-refractivity contribution in [2.75, 3.05) is 13.1 Å². The fraction of sp³-hybridized carbons (Fsp3) is 0.533. The molecule has 1 aromatic heterocycles. The van der Waals surface area contributed by atoms with Crippen LogP contribution < -0.4 is 0 Å². The van der Waals surface area contributed by atoms with E-state index in [0.717, 1.165) is 18.5 Å². The van der Waals surface area contributed by atoms with Crippen molar-refractivity contribution in [3.63, 3.8) is 0 Å². The number of carbonyl (C=O) groups excluding carboxylic acids is 1. The predicted molar refractivity (Wildman–Crippen MR) is 79.5 cm³/mol. The van der Waals surface area contributed by atoms with E-state index >= 15 is 0 Å². The largest absolute Gasteiger partial charge is 0.481 e. The number of halogens is 1. The molecule has 1 saturated heterocycles. The van der Waals surface area contributed by atoms with Gasteiger partial charge < -0.3 is 10.0 Å². The van der Waals surface area contributed by atoms with Gasteiger partial charge in [0.2, 0.25) is 0 Å². The standard InChI is InChI=1S/C15H19ClN2O3/c1-2-4-12-7-11(8-13(16)17-12)14(19)18-6-3-5-10(9-18)15(20)21/h7-8,10H,2-6,9H2,1H3,(H,20,21)/t10-/m0/s1. The summed E-state index contributed by atoms with van der Waals surface area (Å²) in [4.78, 5) is 29.4. The number of piperidine rings is 1. The lowest BCUT2D eigenvalue weighted by Gasteiger charge is -2.30. The highest BCUT2D eigenvalue weighted by Crippen LogP contribution is 2.20. The second-order valence-corrected chi connectivity index (χ2v) is 5.74. The normalized spacial score (nSPS) is 18.6. The summed E-state index contributed by atoms with van der Waals surface area (Å²) in [5, 5.41) is 9.40. The lowest BCUT2D eigenvalue weighted by Crippen LogP contribution is -2.42. The molecule has 2 rings (SSSR count). The number of carboxylic acids is 1. The average Bonchev–Trinajstić information content (AvgIpc) is 2.46. The molecule has 0 saturated carbocycles. The summed E-state index contributed by atoms with van der Waals surface area (Å²) in [6, 6.07) is 3.30. The number of aliphatic carboxylic acids is 1. The molecule has 0 radical (unpaired) electrons. The van der Waals surface area contributed by atoms with Gasteiger partial charge in [0.1, 0.15) is 5.15 Å². The number of hydrogen-bond acceptors (Lipinski definition) is 3. The van der Waals surface area contributed by atoms with Crippen LogP contribution in [-0.4, -0.2) is 40.0 Å². The van der Waals surface area contributed by atoms with Crippen molar-refractivity contribution in [3.8, 4) is 0 Å². The first-order chi connectivity index (χ1) is 10.0. The molecule has 1 aromatic rings. The molecule has 0 unspecified atom stereocenters. The summed E-state index contributed by atoms with van der Waals surface area (Å²) in [6.45, 7) is 2.88. The van der Waals surface area contributed by atoms with Crippen molar-refractivity contribution < 1.29 is 14.7 Å². The van der Waals surface area contributed by atoms with Crippen LogP contribution in [0.25, 0.3) is 0 Å². The molecule has 0 aliphatic carbocycles. The minimum atomic E-state index is -0.841. The van der Waals surface area contributed by atoms with Gasteiger partial charge in [-0.15, -0.1) is 0 Å². The molecule has 0 aromatic carbocycles. The Hall–Kier alpha value is -1.62. The Morgan fingerprint density at radius 2 is 2.24 bits per heavy atom. The van der Waals surface area contributed by atoms with Crippen LogP contribution in [-0.2, 0) is 11.2 Å². The monoisotopic (exact) mass is 310 g/mol. The molecule has 5 nitrogen and oxygen atoms in total. The molecule has 1 atom stereocenters. The van der Waals surface area contributed by atoms with Crippen LogP contribution in [0.1, 0.15) is 42.2 Å². The molecule has 1 aliphatic heterocycles. The van der Waals surface area contributed by atoms with Crippen LogP contribution in [0.15, 0.2) is 12.1 Å². The summed E-state index contributed by atoms with van der Waals surface area (Å²) < 4.78 is 0. The summed E-state index contributed by atoms with van der Waals surface area (Å²) >= 11 is 5.97. The first kappa shape index (κ1) is 15.8. The zero-order valence-corrected chi connectivity index (χ0v) is 12.8. The van der Waals surface area contributed by atoms with Crippen LogP contribution in [0.3, 0.4) is 0 Å². The summed E-state index contributed by atoms with van der Waals surface area (Å²) in [5.74, 6) is -1.48. The molecule has 6 heteroatoms. The van der Waals surface area contributed by atoms with Crippen molar-refractivity contribution in [1.82, 2.24) is 9.88 Å². The molecule has 1 amide bonds. The molecule has 0 spiro atoms. The molecular formula is C15H19ClN2O3. The molecule has 1 fully saturated rings. The van der Waals surface area contributed by atoms with Gasteiger partial charge in [0.25, 0.3) is 5.91 Å². The number of nitrogens with zero attached hydrogens (tertiary/aromatic N) is 2. The summed E-state index contributed by atoms with van der Waals surface area (Å²) in [6.07, 6.45) is 3.02. The molecule has 1 aliphatic rings. The smallest absolute Gasteiger partial charge is 0.308 e. The van der Waals surface area contributed by atoms with Crippen LogP contribution in [0.4, 0.5) is 0 Å². The molecular weight excluding hydrogens is 292 g/mol. The molecule has 114 valence electrons. The number of aromatic nitrogens is 1. The second kappa shape index (κ2) is 6.89. The Balaban J connectivity index is 2.17. The highest BCUT2D eigenvalue weighted by molar-refractivity contribution is 6.29. The van der Waals surface area contributed by atoms with E-state index in [1.165, 1.54) is 0 Å². The van der Waals surface area contributed by atoms with E-state index in [4.69, 9.17) is 16.7 Å². The first-order valence-corrected chi connectivity index (χ1v) is 7.57. The van der Waals surface area contributed by atoms with Gasteiger partial charge in [-0.3, -0.25) is 9.59 Å². The maximum atomic E-state index is 12.5. The second-order valence-electron chi connectivity index (χ2n) is 5.35. The minimum Gasteiger partial charge on any atom is -0.481 e. The number of amides is 1. The quantitative estimate of drug-likeness (QED) is 0.868. The third-order valence-corrected chi connectivity index (χ3v) is 3.85. The van der Waals surface area contributed by atoms with Crippen molar-refractivity contribution in [2.24, 2.45) is 5.92 Å². The number of carbonyl (C=O) groups is 2. The first-order valence-electron chi connectivity index (χ1n) is 7.19. The van der Waals surface area contributed by atoms with Crippen LogP contribution in [0, 0.1) is 5.92 Å². The zero-order valence-electron chi connectivity index (χ0n) is 12.0. The van der Waals surface area contributed by atoms with Crippen molar-refractivity contribution in [1.29, 1.82) is 0 Å². The Morgan fingerprint density at radius 3 is 2.90 bits per heavy atom. The highest BCUT2D eigenvalue weighted by atomic mass is 35.5. The molecule has 0 bridgehead atoms. The van der Waals surface area contributed by atoms with Crippen LogP contribution in [0.2, 0.25) is 5.15 Å². The fourth-order valence-electron chi connectivity index (χ4n) is 2.60. The van der Waals surface area contributed by atoms with Crippen molar-refractivity contribution >= 4 is 23.5 Å². The van der Waals surface area contributed by atoms with Gasteiger partial charge >= 0.3 is 5.97 Å². The van der Waals surface area contributed by atoms with Gasteiger partial charge in [-0.1, -0.05) is 24.9 Å². The summed E-state index contributed by atoms with van der Waals surface area (Å²) in [7, 11) is 0. The number of hydrogen-bond donors (Lipinski definition) is 1. The van der Waals surface area contributed by atoms with E-state index in [1.807, 2.05) is 6.92 Å². The number of rotatable bonds is 4. The van der Waals surface area contributed by atoms with Gasteiger partial charge in [-0.2, -0.15) is 0 Å². The number of likely N-dealkylation sites (tertiary alicyclic amines) is 1. The number of pyridine rings is 1. The van der Waals surface area contributed by atoms with E-state index in [0.29, 0.717) is 30.1 Å². The van der Waals surface area contributed by atoms with Crippen LogP contribution in [0.5, 0.6) is 0 Å². The molecule has 1 N–H and O–H groups in total. The predicted octanol–water partition coefficient (Wildman–Crippen LogP) is 2.62. The minimum absolute atomic E-state index is 0.164. The number of aryl methyl sites for hydroxylation is 1. The van der Waals surface area contributed by atoms with E-state index in [2.05, 4.69) is 4.98 Å². The van der Waals surface area contributed by atoms with Crippen molar-refractivity contribution in [2.45, 2.75) is 32.6 Å². The van der Waals surface area contributed by atoms with Gasteiger partial charge in [0.05, 0.1) is 5.92 Å².